The Labute approximate surface area is 140 Å². The number of benzene rings is 2. The summed E-state index contributed by atoms with van der Waals surface area (Å²) < 4.78 is 44.0. The number of alkyl halides is 3. The van der Waals surface area contributed by atoms with Gasteiger partial charge in [0.15, 0.2) is 0 Å². The second kappa shape index (κ2) is 8.62. The first-order valence-electron chi connectivity index (χ1n) is 8.12. The van der Waals surface area contributed by atoms with Crippen molar-refractivity contribution in [2.24, 2.45) is 0 Å². The van der Waals surface area contributed by atoms with Crippen LogP contribution in [0.3, 0.4) is 0 Å². The molecule has 0 aliphatic heterocycles. The highest BCUT2D eigenvalue weighted by Gasteiger charge is 2.30. The average Bonchev–Trinajstić information content (AvgIpc) is 2.57. The molecule has 2 aromatic rings. The number of para-hydroxylation sites is 1. The van der Waals surface area contributed by atoms with Crippen LogP contribution in [0.1, 0.15) is 37.3 Å². The first-order valence-corrected chi connectivity index (χ1v) is 8.12. The molecule has 0 unspecified atom stereocenters. The van der Waals surface area contributed by atoms with E-state index >= 15 is 0 Å². The van der Waals surface area contributed by atoms with Crippen LogP contribution < -0.4 is 10.1 Å². The maximum absolute atomic E-state index is 12.7. The zero-order chi connectivity index (χ0) is 17.4. The minimum atomic E-state index is -4.34. The maximum atomic E-state index is 12.7. The molecule has 1 N–H and O–H groups in total. The fourth-order valence-corrected chi connectivity index (χ4v) is 2.33. The molecule has 0 fully saturated rings. The molecule has 0 spiro atoms. The van der Waals surface area contributed by atoms with Crippen LogP contribution in [-0.4, -0.2) is 6.61 Å². The third kappa shape index (κ3) is 5.48. The zero-order valence-electron chi connectivity index (χ0n) is 13.7. The fraction of sp³-hybridized carbons (Fsp3) is 0.368. The van der Waals surface area contributed by atoms with Crippen molar-refractivity contribution in [2.45, 2.75) is 38.9 Å². The number of anilines is 1. The van der Waals surface area contributed by atoms with Crippen molar-refractivity contribution in [3.05, 3.63) is 59.7 Å². The van der Waals surface area contributed by atoms with Crippen molar-refractivity contribution >= 4 is 5.69 Å². The van der Waals surface area contributed by atoms with Crippen LogP contribution in [0, 0.1) is 0 Å². The summed E-state index contributed by atoms with van der Waals surface area (Å²) in [6, 6.07) is 12.8. The molecule has 2 nitrogen and oxygen atoms in total. The molecule has 0 radical (unpaired) electrons. The van der Waals surface area contributed by atoms with Crippen molar-refractivity contribution in [2.75, 3.05) is 11.9 Å². The van der Waals surface area contributed by atoms with Crippen LogP contribution in [-0.2, 0) is 12.7 Å². The van der Waals surface area contributed by atoms with Gasteiger partial charge >= 0.3 is 6.18 Å². The first kappa shape index (κ1) is 18.2. The first-order chi connectivity index (χ1) is 11.5. The normalized spacial score (nSPS) is 11.3. The largest absolute Gasteiger partial charge is 0.493 e. The molecule has 0 heterocycles. The average molecular weight is 337 g/mol. The molecule has 0 saturated carbocycles. The van der Waals surface area contributed by atoms with Gasteiger partial charge in [-0.25, -0.2) is 0 Å². The number of rotatable bonds is 8. The second-order valence-corrected chi connectivity index (χ2v) is 5.60. The lowest BCUT2D eigenvalue weighted by Crippen LogP contribution is -2.07. The SMILES string of the molecule is CCCCCOc1ccccc1CNc1cccc(C(F)(F)F)c1. The third-order valence-electron chi connectivity index (χ3n) is 3.65. The summed E-state index contributed by atoms with van der Waals surface area (Å²) >= 11 is 0. The van der Waals surface area contributed by atoms with E-state index in [0.717, 1.165) is 42.7 Å². The van der Waals surface area contributed by atoms with Crippen LogP contribution in [0.5, 0.6) is 5.75 Å². The van der Waals surface area contributed by atoms with Gasteiger partial charge in [-0.05, 0) is 30.7 Å². The van der Waals surface area contributed by atoms with E-state index in [4.69, 9.17) is 4.74 Å². The smallest absolute Gasteiger partial charge is 0.416 e. The second-order valence-electron chi connectivity index (χ2n) is 5.60. The molecule has 24 heavy (non-hydrogen) atoms. The Hall–Kier alpha value is -2.17. The molecule has 0 amide bonds. The summed E-state index contributed by atoms with van der Waals surface area (Å²) in [5.41, 5.74) is 0.702. The highest BCUT2D eigenvalue weighted by Crippen LogP contribution is 2.31. The monoisotopic (exact) mass is 337 g/mol. The van der Waals surface area contributed by atoms with Gasteiger partial charge in [-0.3, -0.25) is 0 Å². The summed E-state index contributed by atoms with van der Waals surface area (Å²) in [6.07, 6.45) is -1.10. The third-order valence-corrected chi connectivity index (χ3v) is 3.65. The van der Waals surface area contributed by atoms with Gasteiger partial charge in [-0.15, -0.1) is 0 Å². The molecule has 5 heteroatoms. The number of halogens is 3. The molecule has 2 rings (SSSR count). The Morgan fingerprint density at radius 2 is 1.79 bits per heavy atom. The van der Waals surface area contributed by atoms with Crippen molar-refractivity contribution in [3.8, 4) is 5.75 Å². The van der Waals surface area contributed by atoms with Crippen LogP contribution in [0.25, 0.3) is 0 Å². The summed E-state index contributed by atoms with van der Waals surface area (Å²) in [5, 5.41) is 3.04. The number of nitrogens with one attached hydrogen (secondary N) is 1. The van der Waals surface area contributed by atoms with Gasteiger partial charge in [0.25, 0.3) is 0 Å². The van der Waals surface area contributed by atoms with Crippen LogP contribution in [0.4, 0.5) is 18.9 Å². The van der Waals surface area contributed by atoms with Crippen molar-refractivity contribution in [1.29, 1.82) is 0 Å². The standard InChI is InChI=1S/C19H22F3NO/c1-2-3-6-12-24-18-11-5-4-8-15(18)14-23-17-10-7-9-16(13-17)19(20,21)22/h4-5,7-11,13,23H,2-3,6,12,14H2,1H3. The van der Waals surface area contributed by atoms with E-state index in [1.807, 2.05) is 24.3 Å². The van der Waals surface area contributed by atoms with Gasteiger partial charge in [0.05, 0.1) is 12.2 Å². The van der Waals surface area contributed by atoms with E-state index in [1.54, 1.807) is 6.07 Å². The Bertz CT molecular complexity index is 641. The van der Waals surface area contributed by atoms with E-state index in [0.29, 0.717) is 18.8 Å². The topological polar surface area (TPSA) is 21.3 Å². The summed E-state index contributed by atoms with van der Waals surface area (Å²) in [7, 11) is 0. The van der Waals surface area contributed by atoms with Gasteiger partial charge in [-0.1, -0.05) is 44.0 Å². The minimum absolute atomic E-state index is 0.408. The van der Waals surface area contributed by atoms with Gasteiger partial charge in [0.2, 0.25) is 0 Å². The molecule has 0 saturated heterocycles. The molecule has 0 aliphatic rings. The van der Waals surface area contributed by atoms with E-state index < -0.39 is 11.7 Å². The molecule has 0 aliphatic carbocycles. The minimum Gasteiger partial charge on any atom is -0.493 e. The Morgan fingerprint density at radius 1 is 1.00 bits per heavy atom. The molecular weight excluding hydrogens is 315 g/mol. The Balaban J connectivity index is 1.99. The quantitative estimate of drug-likeness (QED) is 0.607. The van der Waals surface area contributed by atoms with E-state index in [1.165, 1.54) is 6.07 Å². The lowest BCUT2D eigenvalue weighted by Gasteiger charge is -2.14. The summed E-state index contributed by atoms with van der Waals surface area (Å²) in [6.45, 7) is 3.19. The molecule has 130 valence electrons. The Kier molecular flexibility index (Phi) is 6.53. The predicted octanol–water partition coefficient (Wildman–Crippen LogP) is 5.89. The number of unbranched alkanes of at least 4 members (excludes halogenated alkanes) is 2. The predicted molar refractivity (Wildman–Crippen MR) is 90.2 cm³/mol. The fourth-order valence-electron chi connectivity index (χ4n) is 2.33. The maximum Gasteiger partial charge on any atom is 0.416 e. The van der Waals surface area contributed by atoms with Crippen LogP contribution >= 0.6 is 0 Å². The number of hydrogen-bond acceptors (Lipinski definition) is 2. The highest BCUT2D eigenvalue weighted by molar-refractivity contribution is 5.48. The van der Waals surface area contributed by atoms with Gasteiger partial charge < -0.3 is 10.1 Å². The van der Waals surface area contributed by atoms with Gasteiger partial charge in [-0.2, -0.15) is 13.2 Å². The Morgan fingerprint density at radius 3 is 2.54 bits per heavy atom. The zero-order valence-corrected chi connectivity index (χ0v) is 13.7. The molecule has 0 bridgehead atoms. The highest BCUT2D eigenvalue weighted by atomic mass is 19.4. The van der Waals surface area contributed by atoms with E-state index in [2.05, 4.69) is 12.2 Å². The van der Waals surface area contributed by atoms with Gasteiger partial charge in [0.1, 0.15) is 5.75 Å². The van der Waals surface area contributed by atoms with E-state index in [-0.39, 0.29) is 0 Å². The summed E-state index contributed by atoms with van der Waals surface area (Å²) in [4.78, 5) is 0. The van der Waals surface area contributed by atoms with Crippen molar-refractivity contribution in [3.63, 3.8) is 0 Å². The summed E-state index contributed by atoms with van der Waals surface area (Å²) in [5.74, 6) is 0.771. The van der Waals surface area contributed by atoms with Crippen LogP contribution in [0.15, 0.2) is 48.5 Å². The van der Waals surface area contributed by atoms with Crippen LogP contribution in [0.2, 0.25) is 0 Å². The van der Waals surface area contributed by atoms with E-state index in [9.17, 15) is 13.2 Å². The van der Waals surface area contributed by atoms with Gasteiger partial charge in [0, 0.05) is 17.8 Å². The van der Waals surface area contributed by atoms with Crippen molar-refractivity contribution < 1.29 is 17.9 Å². The molecule has 0 atom stereocenters. The lowest BCUT2D eigenvalue weighted by molar-refractivity contribution is -0.137. The molecule has 0 aromatic heterocycles. The number of hydrogen-bond donors (Lipinski definition) is 1. The number of ether oxygens (including phenoxy) is 1. The van der Waals surface area contributed by atoms with Crippen molar-refractivity contribution in [1.82, 2.24) is 0 Å². The molecular formula is C19H22F3NO. The lowest BCUT2D eigenvalue weighted by atomic mass is 10.1. The molecule has 2 aromatic carbocycles.